The molecule has 0 bridgehead atoms. The second kappa shape index (κ2) is 11.1. The lowest BCUT2D eigenvalue weighted by Crippen LogP contribution is -2.50. The van der Waals surface area contributed by atoms with Gasteiger partial charge >= 0.3 is 5.97 Å². The van der Waals surface area contributed by atoms with Crippen LogP contribution in [0.25, 0.3) is 0 Å². The molecule has 0 saturated heterocycles. The Morgan fingerprint density at radius 2 is 1.95 bits per heavy atom. The fourth-order valence-electron chi connectivity index (χ4n) is 1.87. The van der Waals surface area contributed by atoms with E-state index in [4.69, 9.17) is 14.2 Å². The molecular weight excluding hydrogens is 258 g/mol. The second-order valence-electron chi connectivity index (χ2n) is 5.15. The highest BCUT2D eigenvalue weighted by atomic mass is 16.5. The second-order valence-corrected chi connectivity index (χ2v) is 5.15. The van der Waals surface area contributed by atoms with Gasteiger partial charge in [-0.1, -0.05) is 13.3 Å². The first-order valence-corrected chi connectivity index (χ1v) is 7.55. The lowest BCUT2D eigenvalue weighted by Gasteiger charge is -2.29. The van der Waals surface area contributed by atoms with E-state index in [0.717, 1.165) is 19.4 Å². The average molecular weight is 289 g/mol. The molecule has 0 saturated carbocycles. The Labute approximate surface area is 123 Å². The van der Waals surface area contributed by atoms with Crippen LogP contribution in [0.1, 0.15) is 47.0 Å². The highest BCUT2D eigenvalue weighted by Gasteiger charge is 2.34. The molecule has 0 aliphatic carbocycles. The molecule has 0 aromatic rings. The molecule has 1 N–H and O–H groups in total. The number of carbonyl (C=O) groups is 1. The minimum absolute atomic E-state index is 0.0355. The van der Waals surface area contributed by atoms with E-state index in [1.807, 2.05) is 20.8 Å². The minimum Gasteiger partial charge on any atom is -0.465 e. The summed E-state index contributed by atoms with van der Waals surface area (Å²) >= 11 is 0. The smallest absolute Gasteiger partial charge is 0.326 e. The van der Waals surface area contributed by atoms with Crippen LogP contribution in [0.2, 0.25) is 0 Å². The van der Waals surface area contributed by atoms with Crippen LogP contribution in [0.3, 0.4) is 0 Å². The van der Waals surface area contributed by atoms with E-state index < -0.39 is 5.54 Å². The van der Waals surface area contributed by atoms with Gasteiger partial charge in [-0.05, 0) is 34.2 Å². The molecule has 0 aromatic carbocycles. The van der Waals surface area contributed by atoms with Gasteiger partial charge in [0.2, 0.25) is 0 Å². The summed E-state index contributed by atoms with van der Waals surface area (Å²) in [5, 5.41) is 3.03. The molecule has 0 fully saturated rings. The molecule has 2 atom stereocenters. The molecule has 0 aromatic heterocycles. The normalized spacial score (nSPS) is 15.7. The third-order valence-electron chi connectivity index (χ3n) is 3.25. The van der Waals surface area contributed by atoms with Crippen LogP contribution < -0.4 is 5.32 Å². The third kappa shape index (κ3) is 7.82. The van der Waals surface area contributed by atoms with Crippen LogP contribution in [0.5, 0.6) is 0 Å². The lowest BCUT2D eigenvalue weighted by atomic mass is 9.95. The molecule has 0 spiro atoms. The van der Waals surface area contributed by atoms with Crippen molar-refractivity contribution in [1.82, 2.24) is 5.32 Å². The molecule has 5 heteroatoms. The van der Waals surface area contributed by atoms with Crippen LogP contribution in [-0.2, 0) is 19.0 Å². The maximum Gasteiger partial charge on any atom is 0.326 e. The summed E-state index contributed by atoms with van der Waals surface area (Å²) in [5.74, 6) is -0.239. The SMILES string of the molecule is CCCCOCCOC(C)CC(C)(NC)C(=O)OCC. The molecule has 2 unspecified atom stereocenters. The summed E-state index contributed by atoms with van der Waals surface area (Å²) in [7, 11) is 1.76. The van der Waals surface area contributed by atoms with Gasteiger partial charge < -0.3 is 19.5 Å². The van der Waals surface area contributed by atoms with Gasteiger partial charge in [0.05, 0.1) is 25.9 Å². The molecule has 120 valence electrons. The Bertz CT molecular complexity index is 260. The van der Waals surface area contributed by atoms with Gasteiger partial charge in [-0.3, -0.25) is 4.79 Å². The van der Waals surface area contributed by atoms with Gasteiger partial charge in [0.25, 0.3) is 0 Å². The molecule has 20 heavy (non-hydrogen) atoms. The highest BCUT2D eigenvalue weighted by Crippen LogP contribution is 2.16. The maximum atomic E-state index is 11.9. The molecular formula is C15H31NO4. The molecule has 0 radical (unpaired) electrons. The Hall–Kier alpha value is -0.650. The van der Waals surface area contributed by atoms with Crippen LogP contribution in [0.4, 0.5) is 0 Å². The van der Waals surface area contributed by atoms with Gasteiger partial charge in [-0.25, -0.2) is 0 Å². The van der Waals surface area contributed by atoms with Gasteiger partial charge in [-0.15, -0.1) is 0 Å². The molecule has 0 heterocycles. The Kier molecular flexibility index (Phi) is 10.7. The van der Waals surface area contributed by atoms with E-state index in [-0.39, 0.29) is 12.1 Å². The van der Waals surface area contributed by atoms with E-state index in [9.17, 15) is 4.79 Å². The van der Waals surface area contributed by atoms with E-state index in [0.29, 0.717) is 26.2 Å². The van der Waals surface area contributed by atoms with Crippen molar-refractivity contribution < 1.29 is 19.0 Å². The average Bonchev–Trinajstić information content (AvgIpc) is 2.42. The fraction of sp³-hybridized carbons (Fsp3) is 0.933. The first kappa shape index (κ1) is 19.4. The summed E-state index contributed by atoms with van der Waals surface area (Å²) in [4.78, 5) is 11.9. The number of unbranched alkanes of at least 4 members (excludes halogenated alkanes) is 1. The zero-order chi connectivity index (χ0) is 15.4. The van der Waals surface area contributed by atoms with Crippen LogP contribution in [0, 0.1) is 0 Å². The largest absolute Gasteiger partial charge is 0.465 e. The van der Waals surface area contributed by atoms with Crippen molar-refractivity contribution >= 4 is 5.97 Å². The predicted molar refractivity (Wildman–Crippen MR) is 79.9 cm³/mol. The number of ether oxygens (including phenoxy) is 3. The van der Waals surface area contributed by atoms with Crippen molar-refractivity contribution in [1.29, 1.82) is 0 Å². The fourth-order valence-corrected chi connectivity index (χ4v) is 1.87. The van der Waals surface area contributed by atoms with Crippen molar-refractivity contribution in [3.63, 3.8) is 0 Å². The van der Waals surface area contributed by atoms with Gasteiger partial charge in [0, 0.05) is 13.0 Å². The van der Waals surface area contributed by atoms with Crippen LogP contribution >= 0.6 is 0 Å². The number of nitrogens with one attached hydrogen (secondary N) is 1. The van der Waals surface area contributed by atoms with E-state index in [1.54, 1.807) is 7.05 Å². The number of carbonyl (C=O) groups excluding carboxylic acids is 1. The van der Waals surface area contributed by atoms with Crippen molar-refractivity contribution in [2.45, 2.75) is 58.6 Å². The summed E-state index contributed by atoms with van der Waals surface area (Å²) in [5.41, 5.74) is -0.710. The maximum absolute atomic E-state index is 11.9. The summed E-state index contributed by atoms with van der Waals surface area (Å²) < 4.78 is 16.2. The first-order valence-electron chi connectivity index (χ1n) is 7.55. The lowest BCUT2D eigenvalue weighted by molar-refractivity contribution is -0.152. The predicted octanol–water partition coefficient (Wildman–Crippen LogP) is 2.14. The highest BCUT2D eigenvalue weighted by molar-refractivity contribution is 5.80. The van der Waals surface area contributed by atoms with Crippen molar-refractivity contribution in [2.75, 3.05) is 33.5 Å². The summed E-state index contributed by atoms with van der Waals surface area (Å²) in [6, 6.07) is 0. The van der Waals surface area contributed by atoms with Crippen LogP contribution in [-0.4, -0.2) is 51.1 Å². The molecule has 5 nitrogen and oxygen atoms in total. The standard InChI is InChI=1S/C15H31NO4/c1-6-8-9-18-10-11-20-13(3)12-15(4,16-5)14(17)19-7-2/h13,16H,6-12H2,1-5H3. The van der Waals surface area contributed by atoms with Gasteiger partial charge in [0.15, 0.2) is 0 Å². The van der Waals surface area contributed by atoms with E-state index >= 15 is 0 Å². The summed E-state index contributed by atoms with van der Waals surface area (Å²) in [6.45, 7) is 10.1. The Morgan fingerprint density at radius 1 is 1.25 bits per heavy atom. The third-order valence-corrected chi connectivity index (χ3v) is 3.25. The molecule has 0 amide bonds. The van der Waals surface area contributed by atoms with Crippen molar-refractivity contribution in [3.8, 4) is 0 Å². The Balaban J connectivity index is 3.97. The number of esters is 1. The zero-order valence-electron chi connectivity index (χ0n) is 13.7. The number of hydrogen-bond acceptors (Lipinski definition) is 5. The number of hydrogen-bond donors (Lipinski definition) is 1. The van der Waals surface area contributed by atoms with Crippen LogP contribution in [0.15, 0.2) is 0 Å². The van der Waals surface area contributed by atoms with Gasteiger partial charge in [-0.2, -0.15) is 0 Å². The number of likely N-dealkylation sites (N-methyl/N-ethyl adjacent to an activating group) is 1. The summed E-state index contributed by atoms with van der Waals surface area (Å²) in [6.07, 6.45) is 2.75. The van der Waals surface area contributed by atoms with Gasteiger partial charge in [0.1, 0.15) is 5.54 Å². The van der Waals surface area contributed by atoms with Crippen molar-refractivity contribution in [2.24, 2.45) is 0 Å². The topological polar surface area (TPSA) is 56.8 Å². The number of rotatable bonds is 12. The van der Waals surface area contributed by atoms with E-state index in [1.165, 1.54) is 0 Å². The molecule has 0 rings (SSSR count). The quantitative estimate of drug-likeness (QED) is 0.440. The van der Waals surface area contributed by atoms with Crippen molar-refractivity contribution in [3.05, 3.63) is 0 Å². The minimum atomic E-state index is -0.710. The molecule has 0 aliphatic heterocycles. The monoisotopic (exact) mass is 289 g/mol. The van der Waals surface area contributed by atoms with E-state index in [2.05, 4.69) is 12.2 Å². The zero-order valence-corrected chi connectivity index (χ0v) is 13.7. The Morgan fingerprint density at radius 3 is 2.50 bits per heavy atom. The first-order chi connectivity index (χ1) is 9.50. The molecule has 0 aliphatic rings.